The molecule has 154 valence electrons. The maximum absolute atomic E-state index is 14.4. The first-order valence-electron chi connectivity index (χ1n) is 10.00. The average Bonchev–Trinajstić information content (AvgIpc) is 3.25. The predicted octanol–water partition coefficient (Wildman–Crippen LogP) is 3.15. The molecule has 0 unspecified atom stereocenters. The van der Waals surface area contributed by atoms with Gasteiger partial charge in [0, 0.05) is 43.2 Å². The van der Waals surface area contributed by atoms with Gasteiger partial charge in [-0.05, 0) is 29.7 Å². The number of carbonyl (C=O) groups excluding carboxylic acids is 1. The first-order chi connectivity index (χ1) is 14.6. The highest BCUT2D eigenvalue weighted by molar-refractivity contribution is 5.81. The molecule has 0 bridgehead atoms. The summed E-state index contributed by atoms with van der Waals surface area (Å²) in [5, 5.41) is 11.8. The molecule has 0 saturated heterocycles. The molecule has 0 fully saturated rings. The third kappa shape index (κ3) is 3.23. The first-order valence-corrected chi connectivity index (χ1v) is 10.00. The Morgan fingerprint density at radius 3 is 2.93 bits per heavy atom. The molecule has 7 nitrogen and oxygen atoms in total. The molecule has 30 heavy (non-hydrogen) atoms. The maximum Gasteiger partial charge on any atom is 0.219 e. The summed E-state index contributed by atoms with van der Waals surface area (Å²) >= 11 is 0. The van der Waals surface area contributed by atoms with Gasteiger partial charge in [-0.1, -0.05) is 18.2 Å². The maximum atomic E-state index is 14.4. The summed E-state index contributed by atoms with van der Waals surface area (Å²) in [6, 6.07) is 7.15. The second-order valence-corrected chi connectivity index (χ2v) is 7.62. The standard InChI is InChI=1S/C22H22FN5O2/c1-14(29)27-7-5-15(6-8-27)18-9-17-12-30-11-16-3-2-4-20(23)19(16)10-24-21(17)28-13-25-26-22(18)28/h2-5,9,13,24H,6-8,10-12H2,1H3. The number of hydrogen-bond donors (Lipinski definition) is 1. The van der Waals surface area contributed by atoms with Crippen molar-refractivity contribution in [2.24, 2.45) is 0 Å². The van der Waals surface area contributed by atoms with Crippen LogP contribution in [0.3, 0.4) is 0 Å². The number of rotatable bonds is 1. The highest BCUT2D eigenvalue weighted by atomic mass is 19.1. The molecule has 5 rings (SSSR count). The molecular formula is C22H22FN5O2. The van der Waals surface area contributed by atoms with Crippen LogP contribution in [0.2, 0.25) is 0 Å². The zero-order valence-corrected chi connectivity index (χ0v) is 16.7. The molecule has 2 aliphatic rings. The van der Waals surface area contributed by atoms with Gasteiger partial charge in [-0.25, -0.2) is 4.39 Å². The Hall–Kier alpha value is -3.26. The van der Waals surface area contributed by atoms with Gasteiger partial charge in [0.1, 0.15) is 18.0 Å². The summed E-state index contributed by atoms with van der Waals surface area (Å²) in [5.74, 6) is 0.638. The molecule has 8 heteroatoms. The smallest absolute Gasteiger partial charge is 0.219 e. The molecule has 3 aromatic rings. The van der Waals surface area contributed by atoms with Gasteiger partial charge in [0.05, 0.1) is 13.2 Å². The summed E-state index contributed by atoms with van der Waals surface area (Å²) in [5.41, 5.74) is 5.27. The van der Waals surface area contributed by atoms with Crippen molar-refractivity contribution in [2.45, 2.75) is 33.1 Å². The molecule has 0 aliphatic carbocycles. The molecule has 0 spiro atoms. The van der Waals surface area contributed by atoms with Gasteiger partial charge >= 0.3 is 0 Å². The number of hydrogen-bond acceptors (Lipinski definition) is 5. The van der Waals surface area contributed by atoms with Gasteiger partial charge in [-0.3, -0.25) is 9.20 Å². The fourth-order valence-electron chi connectivity index (χ4n) is 4.17. The van der Waals surface area contributed by atoms with E-state index in [4.69, 9.17) is 4.74 Å². The lowest BCUT2D eigenvalue weighted by Gasteiger charge is -2.26. The number of carbonyl (C=O) groups is 1. The van der Waals surface area contributed by atoms with Crippen molar-refractivity contribution >= 4 is 22.9 Å². The van der Waals surface area contributed by atoms with Crippen LogP contribution in [0.4, 0.5) is 10.2 Å². The number of halogens is 1. The zero-order valence-electron chi connectivity index (χ0n) is 16.7. The second kappa shape index (κ2) is 7.53. The van der Waals surface area contributed by atoms with Crippen molar-refractivity contribution in [3.8, 4) is 0 Å². The van der Waals surface area contributed by atoms with E-state index in [-0.39, 0.29) is 11.7 Å². The Morgan fingerprint density at radius 2 is 2.13 bits per heavy atom. The molecule has 2 aliphatic heterocycles. The molecule has 1 N–H and O–H groups in total. The van der Waals surface area contributed by atoms with Crippen LogP contribution in [0.1, 0.15) is 35.6 Å². The molecular weight excluding hydrogens is 385 g/mol. The van der Waals surface area contributed by atoms with Gasteiger partial charge < -0.3 is 15.0 Å². The van der Waals surface area contributed by atoms with Crippen molar-refractivity contribution in [2.75, 3.05) is 18.4 Å². The van der Waals surface area contributed by atoms with Crippen LogP contribution < -0.4 is 5.32 Å². The van der Waals surface area contributed by atoms with Crippen LogP contribution in [0.5, 0.6) is 0 Å². The van der Waals surface area contributed by atoms with Gasteiger partial charge in [0.25, 0.3) is 0 Å². The van der Waals surface area contributed by atoms with Crippen molar-refractivity contribution < 1.29 is 13.9 Å². The topological polar surface area (TPSA) is 71.8 Å². The monoisotopic (exact) mass is 407 g/mol. The Labute approximate surface area is 173 Å². The first kappa shape index (κ1) is 18.7. The van der Waals surface area contributed by atoms with Crippen LogP contribution in [0, 0.1) is 5.82 Å². The van der Waals surface area contributed by atoms with Crippen molar-refractivity contribution in [3.63, 3.8) is 0 Å². The Morgan fingerprint density at radius 1 is 1.27 bits per heavy atom. The van der Waals surface area contributed by atoms with E-state index in [0.717, 1.165) is 40.1 Å². The number of anilines is 1. The van der Waals surface area contributed by atoms with Gasteiger partial charge in [0.2, 0.25) is 5.91 Å². The predicted molar refractivity (Wildman–Crippen MR) is 110 cm³/mol. The molecule has 4 heterocycles. The van der Waals surface area contributed by atoms with Crippen LogP contribution in [0.15, 0.2) is 36.7 Å². The highest BCUT2D eigenvalue weighted by Gasteiger charge is 2.22. The van der Waals surface area contributed by atoms with Crippen LogP contribution in [-0.2, 0) is 29.3 Å². The summed E-state index contributed by atoms with van der Waals surface area (Å²) in [7, 11) is 0. The van der Waals surface area contributed by atoms with E-state index in [1.165, 1.54) is 6.07 Å². The van der Waals surface area contributed by atoms with E-state index in [9.17, 15) is 9.18 Å². The lowest BCUT2D eigenvalue weighted by atomic mass is 9.98. The average molecular weight is 407 g/mol. The Kier molecular flexibility index (Phi) is 4.71. The number of aromatic nitrogens is 3. The molecule has 2 aromatic heterocycles. The number of nitrogens with zero attached hydrogens (tertiary/aromatic N) is 4. The van der Waals surface area contributed by atoms with Crippen molar-refractivity contribution in [3.05, 3.63) is 64.7 Å². The molecule has 0 atom stereocenters. The van der Waals surface area contributed by atoms with Gasteiger partial charge in [-0.15, -0.1) is 10.2 Å². The van der Waals surface area contributed by atoms with Gasteiger partial charge in [-0.2, -0.15) is 0 Å². The third-order valence-corrected chi connectivity index (χ3v) is 5.82. The number of amides is 1. The number of nitrogens with one attached hydrogen (secondary N) is 1. The summed E-state index contributed by atoms with van der Waals surface area (Å²) in [6.07, 6.45) is 4.50. The second-order valence-electron chi connectivity index (χ2n) is 7.62. The van der Waals surface area contributed by atoms with E-state index in [0.29, 0.717) is 38.4 Å². The number of benzene rings is 1. The fourth-order valence-corrected chi connectivity index (χ4v) is 4.17. The minimum atomic E-state index is -0.244. The molecule has 0 radical (unpaired) electrons. The SMILES string of the molecule is CC(=O)N1CC=C(c2cc3c(n4cnnc24)NCc2c(F)cccc2COC3)CC1. The number of pyridine rings is 1. The van der Waals surface area contributed by atoms with E-state index in [2.05, 4.69) is 27.7 Å². The lowest BCUT2D eigenvalue weighted by molar-refractivity contribution is -0.128. The quantitative estimate of drug-likeness (QED) is 0.671. The minimum absolute atomic E-state index is 0.0803. The minimum Gasteiger partial charge on any atom is -0.372 e. The molecule has 0 saturated carbocycles. The molecule has 1 aromatic carbocycles. The lowest BCUT2D eigenvalue weighted by Crippen LogP contribution is -2.32. The normalized spacial score (nSPS) is 16.6. The zero-order chi connectivity index (χ0) is 20.7. The van der Waals surface area contributed by atoms with Crippen LogP contribution in [-0.4, -0.2) is 38.5 Å². The van der Waals surface area contributed by atoms with Gasteiger partial charge in [0.15, 0.2) is 5.65 Å². The van der Waals surface area contributed by atoms with Crippen LogP contribution >= 0.6 is 0 Å². The van der Waals surface area contributed by atoms with E-state index < -0.39 is 0 Å². The number of fused-ring (bicyclic) bond motifs is 4. The fraction of sp³-hybridized carbons (Fsp3) is 0.318. The Bertz CT molecular complexity index is 1170. The van der Waals surface area contributed by atoms with Crippen LogP contribution in [0.25, 0.3) is 11.2 Å². The summed E-state index contributed by atoms with van der Waals surface area (Å²) < 4.78 is 22.2. The molecule has 1 amide bonds. The van der Waals surface area contributed by atoms with Crippen molar-refractivity contribution in [1.29, 1.82) is 0 Å². The van der Waals surface area contributed by atoms with E-state index in [1.54, 1.807) is 19.3 Å². The highest BCUT2D eigenvalue weighted by Crippen LogP contribution is 2.32. The van der Waals surface area contributed by atoms with Crippen molar-refractivity contribution in [1.82, 2.24) is 19.5 Å². The summed E-state index contributed by atoms with van der Waals surface area (Å²) in [6.45, 7) is 3.94. The third-order valence-electron chi connectivity index (χ3n) is 5.82. The summed E-state index contributed by atoms with van der Waals surface area (Å²) in [4.78, 5) is 13.5. The van der Waals surface area contributed by atoms with E-state index >= 15 is 0 Å². The van der Waals surface area contributed by atoms with E-state index in [1.807, 2.05) is 15.4 Å². The Balaban J connectivity index is 1.56. The largest absolute Gasteiger partial charge is 0.372 e. The number of ether oxygens (including phenoxy) is 1.